The summed E-state index contributed by atoms with van der Waals surface area (Å²) < 4.78 is 0. The molecule has 29 heavy (non-hydrogen) atoms. The predicted octanol–water partition coefficient (Wildman–Crippen LogP) is 2.15. The van der Waals surface area contributed by atoms with Gasteiger partial charge in [-0.05, 0) is 38.0 Å². The summed E-state index contributed by atoms with van der Waals surface area (Å²) in [6.07, 6.45) is 3.75. The quantitative estimate of drug-likeness (QED) is 0.729. The molecule has 8 nitrogen and oxygen atoms in total. The zero-order valence-corrected chi connectivity index (χ0v) is 17.3. The van der Waals surface area contributed by atoms with Gasteiger partial charge in [0.2, 0.25) is 5.95 Å². The molecule has 1 aromatic carbocycles. The molecule has 8 heteroatoms. The number of nitrogens with one attached hydrogen (secondary N) is 2. The first kappa shape index (κ1) is 19.4. The molecule has 2 aliphatic heterocycles. The molecular formula is C21H29N7O. The lowest BCUT2D eigenvalue weighted by Crippen LogP contribution is -2.50. The number of piperidine rings is 1. The Morgan fingerprint density at radius 1 is 1.21 bits per heavy atom. The van der Waals surface area contributed by atoms with Crippen LogP contribution >= 0.6 is 0 Å². The van der Waals surface area contributed by atoms with Crippen molar-refractivity contribution in [2.24, 2.45) is 0 Å². The normalized spacial score (nSPS) is 21.7. The maximum absolute atomic E-state index is 13.2. The van der Waals surface area contributed by atoms with Crippen LogP contribution in [0.25, 0.3) is 0 Å². The zero-order valence-electron chi connectivity index (χ0n) is 17.3. The van der Waals surface area contributed by atoms with E-state index in [4.69, 9.17) is 5.73 Å². The van der Waals surface area contributed by atoms with Crippen LogP contribution in [0.4, 0.5) is 17.3 Å². The number of hydrogen-bond acceptors (Lipinski definition) is 7. The predicted molar refractivity (Wildman–Crippen MR) is 115 cm³/mol. The summed E-state index contributed by atoms with van der Waals surface area (Å²) in [5.41, 5.74) is 10.6. The van der Waals surface area contributed by atoms with Crippen LogP contribution < -0.4 is 16.4 Å². The highest BCUT2D eigenvalue weighted by Crippen LogP contribution is 2.31. The molecule has 4 N–H and O–H groups in total. The molecule has 2 atom stereocenters. The molecule has 1 saturated heterocycles. The van der Waals surface area contributed by atoms with E-state index in [1.807, 2.05) is 43.4 Å². The number of fused-ring (bicyclic) bond motifs is 1. The number of rotatable bonds is 4. The van der Waals surface area contributed by atoms with Gasteiger partial charge in [-0.3, -0.25) is 9.69 Å². The summed E-state index contributed by atoms with van der Waals surface area (Å²) in [4.78, 5) is 26.1. The van der Waals surface area contributed by atoms with E-state index < -0.39 is 0 Å². The smallest absolute Gasteiger partial charge is 0.254 e. The third-order valence-electron chi connectivity index (χ3n) is 6.13. The first-order valence-electron chi connectivity index (χ1n) is 10.1. The van der Waals surface area contributed by atoms with Crippen LogP contribution in [0, 0.1) is 0 Å². The number of amides is 1. The summed E-state index contributed by atoms with van der Waals surface area (Å²) in [6.45, 7) is 4.57. The number of nitrogens with zero attached hydrogens (tertiary/aromatic N) is 4. The first-order chi connectivity index (χ1) is 14.0. The van der Waals surface area contributed by atoms with Gasteiger partial charge in [0.05, 0.1) is 17.1 Å². The van der Waals surface area contributed by atoms with Crippen molar-refractivity contribution >= 4 is 23.2 Å². The number of carbonyl (C=O) groups is 1. The van der Waals surface area contributed by atoms with E-state index in [1.165, 1.54) is 0 Å². The second-order valence-electron chi connectivity index (χ2n) is 7.89. The number of anilines is 3. The van der Waals surface area contributed by atoms with Crippen LogP contribution in [0.2, 0.25) is 0 Å². The number of nitrogen functional groups attached to an aromatic ring is 1. The Kier molecular flexibility index (Phi) is 5.27. The Bertz CT molecular complexity index is 916. The Balaban J connectivity index is 1.42. The van der Waals surface area contributed by atoms with Gasteiger partial charge in [0, 0.05) is 63.1 Å². The van der Waals surface area contributed by atoms with Gasteiger partial charge in [-0.2, -0.15) is 0 Å². The van der Waals surface area contributed by atoms with Gasteiger partial charge >= 0.3 is 0 Å². The molecule has 2 aromatic rings. The largest absolute Gasteiger partial charge is 0.386 e. The van der Waals surface area contributed by atoms with Gasteiger partial charge in [0.1, 0.15) is 0 Å². The molecule has 0 unspecified atom stereocenters. The standard InChI is InChI=1S/C21H29N7O/c1-13-8-16(27-11-15-10-25-21(22)26-19(15)12-27)6-7-28(13)20(29)14-4-5-17(23-2)18(9-14)24-3/h4-5,9-10,13,16,23-24H,6-8,11-12H2,1-3H3,(H2,22,25,26)/t13-,16-/m1/s1. The minimum atomic E-state index is 0.0958. The monoisotopic (exact) mass is 395 g/mol. The molecule has 1 fully saturated rings. The summed E-state index contributed by atoms with van der Waals surface area (Å²) in [7, 11) is 3.74. The summed E-state index contributed by atoms with van der Waals surface area (Å²) in [5, 5.41) is 6.29. The average Bonchev–Trinajstić information content (AvgIpc) is 3.15. The number of likely N-dealkylation sites (tertiary alicyclic amines) is 1. The van der Waals surface area contributed by atoms with Crippen LogP contribution in [-0.2, 0) is 13.1 Å². The highest BCUT2D eigenvalue weighted by atomic mass is 16.2. The van der Waals surface area contributed by atoms with Crippen molar-refractivity contribution in [1.29, 1.82) is 0 Å². The number of aromatic nitrogens is 2. The second kappa shape index (κ2) is 7.87. The molecule has 0 bridgehead atoms. The van der Waals surface area contributed by atoms with Gasteiger partial charge in [-0.25, -0.2) is 9.97 Å². The van der Waals surface area contributed by atoms with Crippen LogP contribution in [0.5, 0.6) is 0 Å². The van der Waals surface area contributed by atoms with Crippen molar-refractivity contribution < 1.29 is 4.79 Å². The van der Waals surface area contributed by atoms with Gasteiger partial charge in [-0.1, -0.05) is 0 Å². The lowest BCUT2D eigenvalue weighted by Gasteiger charge is -2.41. The molecule has 1 amide bonds. The van der Waals surface area contributed by atoms with Crippen molar-refractivity contribution in [3.63, 3.8) is 0 Å². The van der Waals surface area contributed by atoms with E-state index in [1.54, 1.807) is 0 Å². The molecule has 3 heterocycles. The van der Waals surface area contributed by atoms with Gasteiger partial charge in [-0.15, -0.1) is 0 Å². The van der Waals surface area contributed by atoms with Gasteiger partial charge in [0.15, 0.2) is 0 Å². The molecule has 0 saturated carbocycles. The van der Waals surface area contributed by atoms with Crippen LogP contribution in [0.1, 0.15) is 41.4 Å². The first-order valence-corrected chi connectivity index (χ1v) is 10.1. The lowest BCUT2D eigenvalue weighted by atomic mass is 9.96. The van der Waals surface area contributed by atoms with E-state index in [2.05, 4.69) is 32.4 Å². The molecule has 2 aliphatic rings. The van der Waals surface area contributed by atoms with Crippen molar-refractivity contribution in [3.8, 4) is 0 Å². The van der Waals surface area contributed by atoms with Gasteiger partial charge < -0.3 is 21.3 Å². The highest BCUT2D eigenvalue weighted by molar-refractivity contribution is 5.96. The Morgan fingerprint density at radius 3 is 2.72 bits per heavy atom. The molecule has 4 rings (SSSR count). The molecule has 154 valence electrons. The van der Waals surface area contributed by atoms with E-state index in [0.29, 0.717) is 12.0 Å². The zero-order chi connectivity index (χ0) is 20.5. The van der Waals surface area contributed by atoms with Crippen LogP contribution in [-0.4, -0.2) is 58.4 Å². The van der Waals surface area contributed by atoms with E-state index >= 15 is 0 Å². The van der Waals surface area contributed by atoms with Gasteiger partial charge in [0.25, 0.3) is 5.91 Å². The third kappa shape index (κ3) is 3.72. The number of benzene rings is 1. The molecular weight excluding hydrogens is 366 g/mol. The highest BCUT2D eigenvalue weighted by Gasteiger charge is 2.35. The second-order valence-corrected chi connectivity index (χ2v) is 7.89. The number of hydrogen-bond donors (Lipinski definition) is 3. The van der Waals surface area contributed by atoms with E-state index in [9.17, 15) is 4.79 Å². The number of nitrogens with two attached hydrogens (primary N) is 1. The molecule has 1 aromatic heterocycles. The summed E-state index contributed by atoms with van der Waals surface area (Å²) in [5.74, 6) is 0.433. The van der Waals surface area contributed by atoms with Crippen molar-refractivity contribution in [2.45, 2.75) is 44.9 Å². The molecule has 0 aliphatic carbocycles. The Morgan fingerprint density at radius 2 is 2.00 bits per heavy atom. The van der Waals surface area contributed by atoms with E-state index in [0.717, 1.165) is 60.7 Å². The third-order valence-corrected chi connectivity index (χ3v) is 6.13. The maximum atomic E-state index is 13.2. The molecule has 0 radical (unpaired) electrons. The SMILES string of the molecule is CNc1ccc(C(=O)N2CC[C@@H](N3Cc4cnc(N)nc4C3)C[C@H]2C)cc1NC. The Labute approximate surface area is 171 Å². The van der Waals surface area contributed by atoms with Crippen molar-refractivity contribution in [3.05, 3.63) is 41.2 Å². The minimum Gasteiger partial charge on any atom is -0.386 e. The fraction of sp³-hybridized carbons (Fsp3) is 0.476. The van der Waals surface area contributed by atoms with Crippen LogP contribution in [0.3, 0.4) is 0 Å². The molecule has 0 spiro atoms. The average molecular weight is 396 g/mol. The van der Waals surface area contributed by atoms with E-state index in [-0.39, 0.29) is 11.9 Å². The number of carbonyl (C=O) groups excluding carboxylic acids is 1. The van der Waals surface area contributed by atoms with Crippen LogP contribution in [0.15, 0.2) is 24.4 Å². The summed E-state index contributed by atoms with van der Waals surface area (Å²) >= 11 is 0. The lowest BCUT2D eigenvalue weighted by molar-refractivity contribution is 0.0460. The Hall–Kier alpha value is -2.87. The fourth-order valence-corrected chi connectivity index (χ4v) is 4.50. The fourth-order valence-electron chi connectivity index (χ4n) is 4.50. The maximum Gasteiger partial charge on any atom is 0.254 e. The minimum absolute atomic E-state index is 0.0958. The van der Waals surface area contributed by atoms with Crippen molar-refractivity contribution in [2.75, 3.05) is 37.0 Å². The topological polar surface area (TPSA) is 99.4 Å². The van der Waals surface area contributed by atoms with Crippen molar-refractivity contribution in [1.82, 2.24) is 19.8 Å². The summed E-state index contributed by atoms with van der Waals surface area (Å²) in [6, 6.07) is 6.39.